The Morgan fingerprint density at radius 3 is 0.837 bits per heavy atom. The van der Waals surface area contributed by atoms with Crippen LogP contribution in [0.1, 0.15) is 226 Å². The van der Waals surface area contributed by atoms with Gasteiger partial charge in [0.1, 0.15) is 0 Å². The Morgan fingerprint density at radius 2 is 0.628 bits per heavy atom. The van der Waals surface area contributed by atoms with Gasteiger partial charge >= 0.3 is 51.4 Å². The monoisotopic (exact) mass is 655 g/mol. The normalized spacial score (nSPS) is 12.4. The van der Waals surface area contributed by atoms with Gasteiger partial charge < -0.3 is 4.55 Å². The summed E-state index contributed by atoms with van der Waals surface area (Å²) in [6.07, 6.45) is 43.9. The Kier molecular flexibility index (Phi) is 41.2. The summed E-state index contributed by atoms with van der Waals surface area (Å²) in [5.41, 5.74) is 0. The van der Waals surface area contributed by atoms with Crippen LogP contribution in [0.5, 0.6) is 0 Å². The molecule has 0 bridgehead atoms. The molecule has 0 aromatic rings. The van der Waals surface area contributed by atoms with Crippen LogP contribution < -0.4 is 51.4 Å². The third-order valence-electron chi connectivity index (χ3n) is 9.13. The molecule has 6 heteroatoms. The molecule has 43 heavy (non-hydrogen) atoms. The zero-order chi connectivity index (χ0) is 30.8. The Bertz CT molecular complexity index is 614. The summed E-state index contributed by atoms with van der Waals surface area (Å²) in [6, 6.07) is 0. The summed E-state index contributed by atoms with van der Waals surface area (Å²) in [7, 11) is -4.59. The molecular weight excluding hydrogens is 580 g/mol. The molecule has 4 nitrogen and oxygen atoms in total. The van der Waals surface area contributed by atoms with Gasteiger partial charge in [0.2, 0.25) is 10.4 Å². The van der Waals surface area contributed by atoms with E-state index in [4.69, 9.17) is 0 Å². The first-order valence-electron chi connectivity index (χ1n) is 19.1. The molecule has 0 N–H and O–H groups in total. The van der Waals surface area contributed by atoms with Crippen molar-refractivity contribution in [2.24, 2.45) is 5.92 Å². The minimum Gasteiger partial charge on any atom is -0.726 e. The average molecular weight is 655 g/mol. The molecule has 0 spiro atoms. The third kappa shape index (κ3) is 41.5. The van der Waals surface area contributed by atoms with Gasteiger partial charge in [0.15, 0.2) is 0 Å². The maximum Gasteiger partial charge on any atom is 1.00 e. The van der Waals surface area contributed by atoms with Crippen molar-refractivity contribution in [1.82, 2.24) is 0 Å². The SMILES string of the molecule is CCCCCCCCCCCCCCCCCCCCCC(CCCCCCCCCCCCCC)COS(=O)(=O)[O-].[K+]. The van der Waals surface area contributed by atoms with Crippen LogP contribution >= 0.6 is 0 Å². The van der Waals surface area contributed by atoms with E-state index in [9.17, 15) is 13.0 Å². The molecular formula is C37H75KO4S. The Balaban J connectivity index is 0. The second-order valence-electron chi connectivity index (χ2n) is 13.4. The van der Waals surface area contributed by atoms with Gasteiger partial charge in [-0.2, -0.15) is 0 Å². The Hall–Kier alpha value is 1.51. The molecule has 0 aliphatic carbocycles. The standard InChI is InChI=1S/C37H76O4S.K/c1-3-5-7-9-11-13-15-17-18-19-20-21-22-23-25-27-29-31-33-35-37(36-41-42(38,39)40)34-32-30-28-26-24-16-14-12-10-8-6-4-2;/h37H,3-36H2,1-2H3,(H,38,39,40);/q;+1/p-1. The molecule has 0 fully saturated rings. The molecule has 1 unspecified atom stereocenters. The average Bonchev–Trinajstić information content (AvgIpc) is 2.96. The summed E-state index contributed by atoms with van der Waals surface area (Å²) in [4.78, 5) is 0. The molecule has 0 radical (unpaired) electrons. The molecule has 0 saturated heterocycles. The first-order chi connectivity index (χ1) is 20.5. The topological polar surface area (TPSA) is 66.4 Å². The molecule has 254 valence electrons. The van der Waals surface area contributed by atoms with Crippen molar-refractivity contribution >= 4 is 10.4 Å². The quantitative estimate of drug-likeness (QED) is 0.0292. The minimum atomic E-state index is -4.59. The van der Waals surface area contributed by atoms with Crippen molar-refractivity contribution in [3.05, 3.63) is 0 Å². The van der Waals surface area contributed by atoms with Crippen LogP contribution in [-0.2, 0) is 14.6 Å². The van der Waals surface area contributed by atoms with E-state index in [0.717, 1.165) is 25.7 Å². The number of hydrogen-bond acceptors (Lipinski definition) is 4. The third-order valence-corrected chi connectivity index (χ3v) is 9.55. The largest absolute Gasteiger partial charge is 1.00 e. The van der Waals surface area contributed by atoms with Crippen LogP contribution in [0, 0.1) is 5.92 Å². The van der Waals surface area contributed by atoms with E-state index in [1.165, 1.54) is 186 Å². The Labute approximate surface area is 314 Å². The van der Waals surface area contributed by atoms with Crippen molar-refractivity contribution in [3.63, 3.8) is 0 Å². The first-order valence-corrected chi connectivity index (χ1v) is 20.4. The van der Waals surface area contributed by atoms with Crippen LogP contribution in [0.25, 0.3) is 0 Å². The second kappa shape index (κ2) is 38.0. The molecule has 0 amide bonds. The van der Waals surface area contributed by atoms with Crippen molar-refractivity contribution in [3.8, 4) is 0 Å². The van der Waals surface area contributed by atoms with E-state index < -0.39 is 10.4 Å². The predicted octanol–water partition coefficient (Wildman–Crippen LogP) is 10.00. The van der Waals surface area contributed by atoms with Gasteiger partial charge in [-0.05, 0) is 18.8 Å². The van der Waals surface area contributed by atoms with E-state index in [1.54, 1.807) is 0 Å². The van der Waals surface area contributed by atoms with Crippen LogP contribution in [0.15, 0.2) is 0 Å². The molecule has 0 rings (SSSR count). The van der Waals surface area contributed by atoms with Crippen LogP contribution in [0.2, 0.25) is 0 Å². The Morgan fingerprint density at radius 1 is 0.419 bits per heavy atom. The van der Waals surface area contributed by atoms with Gasteiger partial charge in [0.05, 0.1) is 6.61 Å². The maximum absolute atomic E-state index is 11.0. The number of rotatable bonds is 36. The summed E-state index contributed by atoms with van der Waals surface area (Å²) in [6.45, 7) is 4.63. The van der Waals surface area contributed by atoms with Gasteiger partial charge in [-0.1, -0.05) is 213 Å². The fraction of sp³-hybridized carbons (Fsp3) is 1.00. The summed E-state index contributed by atoms with van der Waals surface area (Å²) < 4.78 is 37.6. The maximum atomic E-state index is 11.0. The van der Waals surface area contributed by atoms with Crippen molar-refractivity contribution in [2.45, 2.75) is 226 Å². The zero-order valence-electron chi connectivity index (χ0n) is 29.7. The molecule has 0 aromatic heterocycles. The van der Waals surface area contributed by atoms with Gasteiger partial charge in [-0.3, -0.25) is 4.18 Å². The zero-order valence-corrected chi connectivity index (χ0v) is 33.6. The number of hydrogen-bond donors (Lipinski definition) is 0. The summed E-state index contributed by atoms with van der Waals surface area (Å²) in [5, 5.41) is 0. The smallest absolute Gasteiger partial charge is 0.726 e. The molecule has 0 aromatic carbocycles. The minimum absolute atomic E-state index is 0. The predicted molar refractivity (Wildman–Crippen MR) is 183 cm³/mol. The van der Waals surface area contributed by atoms with E-state index in [0.29, 0.717) is 0 Å². The van der Waals surface area contributed by atoms with E-state index >= 15 is 0 Å². The fourth-order valence-corrected chi connectivity index (χ4v) is 6.64. The summed E-state index contributed by atoms with van der Waals surface area (Å²) >= 11 is 0. The van der Waals surface area contributed by atoms with Crippen molar-refractivity contribution in [2.75, 3.05) is 6.61 Å². The van der Waals surface area contributed by atoms with E-state index in [1.807, 2.05) is 0 Å². The molecule has 0 saturated carbocycles. The second-order valence-corrected chi connectivity index (χ2v) is 14.4. The molecule has 0 aliphatic rings. The van der Waals surface area contributed by atoms with Crippen molar-refractivity contribution in [1.29, 1.82) is 0 Å². The van der Waals surface area contributed by atoms with Gasteiger partial charge in [-0.15, -0.1) is 0 Å². The van der Waals surface area contributed by atoms with E-state index in [2.05, 4.69) is 18.0 Å². The fourth-order valence-electron chi connectivity index (χ4n) is 6.28. The first kappa shape index (κ1) is 46.6. The van der Waals surface area contributed by atoms with Gasteiger partial charge in [0, 0.05) is 0 Å². The molecule has 0 heterocycles. The van der Waals surface area contributed by atoms with Crippen LogP contribution in [-0.4, -0.2) is 19.6 Å². The van der Waals surface area contributed by atoms with Gasteiger partial charge in [-0.25, -0.2) is 8.42 Å². The molecule has 0 aliphatic heterocycles. The van der Waals surface area contributed by atoms with E-state index in [-0.39, 0.29) is 63.9 Å². The van der Waals surface area contributed by atoms with Crippen LogP contribution in [0.3, 0.4) is 0 Å². The van der Waals surface area contributed by atoms with Crippen molar-refractivity contribution < 1.29 is 68.5 Å². The summed E-state index contributed by atoms with van der Waals surface area (Å²) in [5.74, 6) is 0.197. The van der Waals surface area contributed by atoms with Crippen LogP contribution in [0.4, 0.5) is 0 Å². The van der Waals surface area contributed by atoms with Gasteiger partial charge in [0.25, 0.3) is 0 Å². The molecule has 1 atom stereocenters. The number of unbranched alkanes of at least 4 members (excludes halogenated alkanes) is 29.